The van der Waals surface area contributed by atoms with Crippen molar-refractivity contribution in [1.29, 1.82) is 0 Å². The number of benzene rings is 1. The molecule has 64 valence electrons. The van der Waals surface area contributed by atoms with Gasteiger partial charge in [-0.15, -0.1) is 0 Å². The summed E-state index contributed by atoms with van der Waals surface area (Å²) in [4.78, 5) is 0. The predicted molar refractivity (Wildman–Crippen MR) is 48.3 cm³/mol. The van der Waals surface area contributed by atoms with Gasteiger partial charge in [0.05, 0.1) is 10.0 Å². The van der Waals surface area contributed by atoms with Crippen LogP contribution in [0.4, 0.5) is 4.39 Å². The summed E-state index contributed by atoms with van der Waals surface area (Å²) in [6.45, 7) is 0. The lowest BCUT2D eigenvalue weighted by atomic mass is 10.2. The van der Waals surface area contributed by atoms with E-state index < -0.39 is 5.82 Å². The highest BCUT2D eigenvalue weighted by molar-refractivity contribution is 9.10. The van der Waals surface area contributed by atoms with Gasteiger partial charge in [-0.25, -0.2) is 4.39 Å². The first kappa shape index (κ1) is 9.48. The Labute approximate surface area is 81.8 Å². The third-order valence-corrected chi connectivity index (χ3v) is 2.15. The highest BCUT2D eigenvalue weighted by atomic mass is 79.9. The van der Waals surface area contributed by atoms with E-state index in [-0.39, 0.29) is 15.2 Å². The fourth-order valence-electron chi connectivity index (χ4n) is 0.717. The molecule has 0 unspecified atom stereocenters. The Morgan fingerprint density at radius 3 is 2.83 bits per heavy atom. The fraction of sp³-hybridized carbons (Fsp3) is 0. The van der Waals surface area contributed by atoms with E-state index >= 15 is 0 Å². The van der Waals surface area contributed by atoms with Crippen LogP contribution in [0.15, 0.2) is 27.8 Å². The molecule has 0 bridgehead atoms. The average molecular weight is 252 g/mol. The highest BCUT2D eigenvalue weighted by Crippen LogP contribution is 2.19. The number of rotatable bonds is 1. The number of nitrogens with zero attached hydrogens (tertiary/aromatic N) is 1. The molecule has 0 atom stereocenters. The quantitative estimate of drug-likeness (QED) is 0.465. The molecule has 2 nitrogen and oxygen atoms in total. The van der Waals surface area contributed by atoms with Gasteiger partial charge >= 0.3 is 0 Å². The normalized spacial score (nSPS) is 11.8. The van der Waals surface area contributed by atoms with Gasteiger partial charge in [-0.05, 0) is 28.1 Å². The van der Waals surface area contributed by atoms with Crippen LogP contribution in [0.1, 0.15) is 5.56 Å². The van der Waals surface area contributed by atoms with Gasteiger partial charge in [-0.1, -0.05) is 22.8 Å². The van der Waals surface area contributed by atoms with Crippen LogP contribution >= 0.6 is 27.5 Å². The first-order valence-electron chi connectivity index (χ1n) is 2.98. The van der Waals surface area contributed by atoms with Gasteiger partial charge in [0, 0.05) is 0 Å². The zero-order valence-electron chi connectivity index (χ0n) is 5.76. The number of hydrogen-bond donors (Lipinski definition) is 1. The van der Waals surface area contributed by atoms with Crippen molar-refractivity contribution in [1.82, 2.24) is 0 Å². The standard InChI is InChI=1S/C7H4BrClFNO/c8-5-3-1-2-4(6(5)10)7(9)11-12/h1-3,12H/b11-7+. The molecule has 0 amide bonds. The van der Waals surface area contributed by atoms with Crippen LogP contribution < -0.4 is 0 Å². The van der Waals surface area contributed by atoms with Gasteiger partial charge in [-0.3, -0.25) is 0 Å². The van der Waals surface area contributed by atoms with Gasteiger partial charge in [0.2, 0.25) is 0 Å². The summed E-state index contributed by atoms with van der Waals surface area (Å²) < 4.78 is 13.4. The Hall–Kier alpha value is -0.610. The van der Waals surface area contributed by atoms with Crippen LogP contribution in [-0.4, -0.2) is 10.4 Å². The van der Waals surface area contributed by atoms with Crippen molar-refractivity contribution >= 4 is 32.7 Å². The molecule has 1 N–H and O–H groups in total. The summed E-state index contributed by atoms with van der Waals surface area (Å²) in [6, 6.07) is 4.54. The van der Waals surface area contributed by atoms with Crippen molar-refractivity contribution in [3.8, 4) is 0 Å². The molecule has 1 aromatic rings. The van der Waals surface area contributed by atoms with E-state index in [4.69, 9.17) is 16.8 Å². The molecule has 0 aromatic heterocycles. The van der Waals surface area contributed by atoms with Gasteiger partial charge < -0.3 is 5.21 Å². The molecule has 0 aliphatic carbocycles. The van der Waals surface area contributed by atoms with Crippen LogP contribution in [0, 0.1) is 5.82 Å². The van der Waals surface area contributed by atoms with Gasteiger partial charge in [0.25, 0.3) is 0 Å². The summed E-state index contributed by atoms with van der Waals surface area (Å²) in [5.41, 5.74) is 0.0635. The van der Waals surface area contributed by atoms with Gasteiger partial charge in [-0.2, -0.15) is 0 Å². The van der Waals surface area contributed by atoms with Crippen molar-refractivity contribution in [2.45, 2.75) is 0 Å². The molecule has 0 radical (unpaired) electrons. The van der Waals surface area contributed by atoms with Gasteiger partial charge in [0.1, 0.15) is 5.82 Å². The molecule has 0 aliphatic rings. The van der Waals surface area contributed by atoms with Crippen molar-refractivity contribution in [3.05, 3.63) is 34.1 Å². The van der Waals surface area contributed by atoms with Crippen LogP contribution in [0.2, 0.25) is 0 Å². The van der Waals surface area contributed by atoms with Crippen molar-refractivity contribution in [3.63, 3.8) is 0 Å². The Morgan fingerprint density at radius 2 is 2.25 bits per heavy atom. The van der Waals surface area contributed by atoms with E-state index in [1.165, 1.54) is 12.1 Å². The minimum atomic E-state index is -0.541. The SMILES string of the molecule is O/N=C(/Cl)c1cccc(Br)c1F. The summed E-state index contributed by atoms with van der Waals surface area (Å²) in [5.74, 6) is -0.541. The van der Waals surface area contributed by atoms with Crippen LogP contribution in [0.25, 0.3) is 0 Å². The van der Waals surface area contributed by atoms with E-state index in [9.17, 15) is 4.39 Å². The highest BCUT2D eigenvalue weighted by Gasteiger charge is 2.09. The number of oxime groups is 1. The first-order valence-corrected chi connectivity index (χ1v) is 4.16. The lowest BCUT2D eigenvalue weighted by Gasteiger charge is -1.99. The molecular formula is C7H4BrClFNO. The monoisotopic (exact) mass is 251 g/mol. The summed E-state index contributed by atoms with van der Waals surface area (Å²) >= 11 is 8.38. The Bertz CT molecular complexity index is 329. The smallest absolute Gasteiger partial charge is 0.178 e. The third-order valence-electron chi connectivity index (χ3n) is 1.26. The topological polar surface area (TPSA) is 32.6 Å². The van der Waals surface area contributed by atoms with Crippen molar-refractivity contribution in [2.24, 2.45) is 5.16 Å². The van der Waals surface area contributed by atoms with E-state index in [2.05, 4.69) is 21.1 Å². The molecule has 0 heterocycles. The molecule has 1 aromatic carbocycles. The maximum absolute atomic E-state index is 13.1. The zero-order valence-corrected chi connectivity index (χ0v) is 8.10. The van der Waals surface area contributed by atoms with E-state index in [1.807, 2.05) is 0 Å². The van der Waals surface area contributed by atoms with E-state index in [1.54, 1.807) is 6.07 Å². The minimum absolute atomic E-state index is 0.0635. The molecule has 0 saturated heterocycles. The second-order valence-corrected chi connectivity index (χ2v) is 3.20. The largest absolute Gasteiger partial charge is 0.410 e. The Kier molecular flexibility index (Phi) is 3.05. The summed E-state index contributed by atoms with van der Waals surface area (Å²) in [6.07, 6.45) is 0. The van der Waals surface area contributed by atoms with Crippen LogP contribution in [0.3, 0.4) is 0 Å². The summed E-state index contributed by atoms with van der Waals surface area (Å²) in [7, 11) is 0. The predicted octanol–water partition coefficient (Wildman–Crippen LogP) is 2.96. The third kappa shape index (κ3) is 1.76. The molecule has 5 heteroatoms. The van der Waals surface area contributed by atoms with Crippen molar-refractivity contribution < 1.29 is 9.60 Å². The second-order valence-electron chi connectivity index (χ2n) is 1.99. The van der Waals surface area contributed by atoms with E-state index in [0.717, 1.165) is 0 Å². The molecule has 0 spiro atoms. The number of halogens is 3. The van der Waals surface area contributed by atoms with Gasteiger partial charge in [0.15, 0.2) is 5.17 Å². The summed E-state index contributed by atoms with van der Waals surface area (Å²) in [5, 5.41) is 10.7. The lowest BCUT2D eigenvalue weighted by Crippen LogP contribution is -1.96. The molecular weight excluding hydrogens is 248 g/mol. The van der Waals surface area contributed by atoms with Crippen LogP contribution in [0.5, 0.6) is 0 Å². The molecule has 0 fully saturated rings. The minimum Gasteiger partial charge on any atom is -0.410 e. The molecule has 1 rings (SSSR count). The fourth-order valence-corrected chi connectivity index (χ4v) is 1.23. The molecule has 0 saturated carbocycles. The molecule has 12 heavy (non-hydrogen) atoms. The lowest BCUT2D eigenvalue weighted by molar-refractivity contribution is 0.320. The maximum Gasteiger partial charge on any atom is 0.178 e. The van der Waals surface area contributed by atoms with E-state index in [0.29, 0.717) is 0 Å². The maximum atomic E-state index is 13.1. The Balaban J connectivity index is 3.26. The van der Waals surface area contributed by atoms with Crippen LogP contribution in [-0.2, 0) is 0 Å². The average Bonchev–Trinajstić information content (AvgIpc) is 2.08. The Morgan fingerprint density at radius 1 is 1.58 bits per heavy atom. The first-order chi connectivity index (χ1) is 5.66. The van der Waals surface area contributed by atoms with Crippen molar-refractivity contribution in [2.75, 3.05) is 0 Å². The number of hydrogen-bond acceptors (Lipinski definition) is 2. The zero-order chi connectivity index (χ0) is 9.14. The molecule has 0 aliphatic heterocycles. The second kappa shape index (κ2) is 3.87.